The minimum Gasteiger partial charge on any atom is -0.486 e. The lowest BCUT2D eigenvalue weighted by molar-refractivity contribution is -0.137. The lowest BCUT2D eigenvalue weighted by atomic mass is 10.1. The lowest BCUT2D eigenvalue weighted by Gasteiger charge is -2.20. The Labute approximate surface area is 155 Å². The normalized spacial score (nSPS) is 12.3. The van der Waals surface area contributed by atoms with E-state index in [0.29, 0.717) is 6.42 Å². The Morgan fingerprint density at radius 1 is 1.04 bits per heavy atom. The largest absolute Gasteiger partial charge is 0.486 e. The second-order valence-corrected chi connectivity index (χ2v) is 5.86. The van der Waals surface area contributed by atoms with E-state index in [1.807, 2.05) is 30.3 Å². The number of ether oxygens (including phenoxy) is 1. The summed E-state index contributed by atoms with van der Waals surface area (Å²) in [7, 11) is 0. The number of Topliss-reactive ketones (excluding diaryl/α,β-unsaturated/α-hetero) is 1. The standard InChI is InChI=1S/C20H20F3NO3/c1-2-17(25)19(26)24-13-12-18(14-6-4-3-5-7-14)27-16-10-8-15(9-11-16)20(21,22)23/h3-11,18H,2,12-13H2,1H3,(H,24,26). The second-order valence-electron chi connectivity index (χ2n) is 5.86. The van der Waals surface area contributed by atoms with Crippen molar-refractivity contribution >= 4 is 11.7 Å². The molecule has 0 saturated carbocycles. The molecule has 0 aliphatic heterocycles. The molecule has 0 spiro atoms. The predicted molar refractivity (Wildman–Crippen MR) is 94.2 cm³/mol. The Kier molecular flexibility index (Phi) is 6.98. The van der Waals surface area contributed by atoms with Crippen molar-refractivity contribution in [2.24, 2.45) is 0 Å². The average molecular weight is 379 g/mol. The van der Waals surface area contributed by atoms with Gasteiger partial charge in [-0.2, -0.15) is 13.2 Å². The van der Waals surface area contributed by atoms with E-state index in [2.05, 4.69) is 5.32 Å². The van der Waals surface area contributed by atoms with Gasteiger partial charge in [0.1, 0.15) is 11.9 Å². The quantitative estimate of drug-likeness (QED) is 0.696. The van der Waals surface area contributed by atoms with Gasteiger partial charge in [-0.1, -0.05) is 37.3 Å². The van der Waals surface area contributed by atoms with Gasteiger partial charge in [-0.25, -0.2) is 0 Å². The third-order valence-electron chi connectivity index (χ3n) is 3.90. The lowest BCUT2D eigenvalue weighted by Crippen LogP contribution is -2.32. The van der Waals surface area contributed by atoms with Crippen LogP contribution in [0.1, 0.15) is 37.0 Å². The summed E-state index contributed by atoms with van der Waals surface area (Å²) in [5.41, 5.74) is 0.0601. The average Bonchev–Trinajstić information content (AvgIpc) is 2.66. The van der Waals surface area contributed by atoms with Crippen molar-refractivity contribution in [3.63, 3.8) is 0 Å². The molecule has 0 aromatic heterocycles. The van der Waals surface area contributed by atoms with Crippen molar-refractivity contribution in [1.29, 1.82) is 0 Å². The molecule has 1 unspecified atom stereocenters. The summed E-state index contributed by atoms with van der Waals surface area (Å²) in [6.07, 6.45) is -4.42. The van der Waals surface area contributed by atoms with Crippen LogP contribution in [0, 0.1) is 0 Å². The van der Waals surface area contributed by atoms with Gasteiger partial charge in [0.05, 0.1) is 5.56 Å². The van der Waals surface area contributed by atoms with Crippen molar-refractivity contribution in [3.8, 4) is 5.75 Å². The van der Waals surface area contributed by atoms with Crippen LogP contribution in [0.15, 0.2) is 54.6 Å². The van der Waals surface area contributed by atoms with E-state index in [-0.39, 0.29) is 18.7 Å². The fraction of sp³-hybridized carbons (Fsp3) is 0.300. The molecular weight excluding hydrogens is 359 g/mol. The molecule has 7 heteroatoms. The molecule has 27 heavy (non-hydrogen) atoms. The van der Waals surface area contributed by atoms with Crippen LogP contribution in [0.5, 0.6) is 5.75 Å². The van der Waals surface area contributed by atoms with E-state index in [9.17, 15) is 22.8 Å². The van der Waals surface area contributed by atoms with Gasteiger partial charge in [0.15, 0.2) is 0 Å². The number of rotatable bonds is 8. The second kappa shape index (κ2) is 9.21. The Morgan fingerprint density at radius 3 is 2.22 bits per heavy atom. The molecule has 0 radical (unpaired) electrons. The molecule has 2 aromatic rings. The Balaban J connectivity index is 2.07. The van der Waals surface area contributed by atoms with Crippen LogP contribution in [-0.2, 0) is 15.8 Å². The highest BCUT2D eigenvalue weighted by Gasteiger charge is 2.30. The maximum atomic E-state index is 12.7. The highest BCUT2D eigenvalue weighted by molar-refractivity contribution is 6.36. The van der Waals surface area contributed by atoms with Gasteiger partial charge in [-0.05, 0) is 29.8 Å². The number of hydrogen-bond donors (Lipinski definition) is 1. The van der Waals surface area contributed by atoms with Crippen LogP contribution in [0.2, 0.25) is 0 Å². The molecule has 144 valence electrons. The van der Waals surface area contributed by atoms with E-state index in [4.69, 9.17) is 4.74 Å². The topological polar surface area (TPSA) is 55.4 Å². The molecule has 2 aromatic carbocycles. The van der Waals surface area contributed by atoms with Gasteiger partial charge in [0.2, 0.25) is 5.78 Å². The van der Waals surface area contributed by atoms with Gasteiger partial charge < -0.3 is 10.1 Å². The minimum atomic E-state index is -4.41. The van der Waals surface area contributed by atoms with Crippen LogP contribution in [0.4, 0.5) is 13.2 Å². The minimum absolute atomic E-state index is 0.121. The Bertz CT molecular complexity index is 758. The maximum absolute atomic E-state index is 12.7. The number of carbonyl (C=O) groups excluding carboxylic acids is 2. The summed E-state index contributed by atoms with van der Waals surface area (Å²) in [4.78, 5) is 22.9. The van der Waals surface area contributed by atoms with Crippen LogP contribution in [-0.4, -0.2) is 18.2 Å². The fourth-order valence-electron chi connectivity index (χ4n) is 2.42. The van der Waals surface area contributed by atoms with Crippen molar-refractivity contribution in [3.05, 3.63) is 65.7 Å². The van der Waals surface area contributed by atoms with E-state index < -0.39 is 29.5 Å². The van der Waals surface area contributed by atoms with Gasteiger partial charge >= 0.3 is 6.18 Å². The number of benzene rings is 2. The smallest absolute Gasteiger partial charge is 0.416 e. The first kappa shape index (κ1) is 20.5. The monoisotopic (exact) mass is 379 g/mol. The summed E-state index contributed by atoms with van der Waals surface area (Å²) >= 11 is 0. The van der Waals surface area contributed by atoms with Gasteiger partial charge in [0.25, 0.3) is 5.91 Å². The first-order valence-corrected chi connectivity index (χ1v) is 8.51. The Morgan fingerprint density at radius 2 is 1.67 bits per heavy atom. The summed E-state index contributed by atoms with van der Waals surface area (Å²) in [6, 6.07) is 13.6. The fourth-order valence-corrected chi connectivity index (χ4v) is 2.42. The maximum Gasteiger partial charge on any atom is 0.416 e. The van der Waals surface area contributed by atoms with E-state index in [1.165, 1.54) is 12.1 Å². The van der Waals surface area contributed by atoms with E-state index >= 15 is 0 Å². The molecule has 1 N–H and O–H groups in total. The molecule has 1 amide bonds. The molecule has 1 atom stereocenters. The first-order chi connectivity index (χ1) is 12.8. The third kappa shape index (κ3) is 6.13. The SMILES string of the molecule is CCC(=O)C(=O)NCCC(Oc1ccc(C(F)(F)F)cc1)c1ccccc1. The predicted octanol–water partition coefficient (Wildman–Crippen LogP) is 4.31. The number of ketones is 1. The number of halogens is 3. The number of nitrogens with one attached hydrogen (secondary N) is 1. The van der Waals surface area contributed by atoms with Crippen molar-refractivity contribution in [2.45, 2.75) is 32.0 Å². The molecular formula is C20H20F3NO3. The summed E-state index contributed by atoms with van der Waals surface area (Å²) in [5, 5.41) is 2.53. The highest BCUT2D eigenvalue weighted by Crippen LogP contribution is 2.31. The van der Waals surface area contributed by atoms with E-state index in [0.717, 1.165) is 17.7 Å². The van der Waals surface area contributed by atoms with Crippen LogP contribution < -0.4 is 10.1 Å². The number of alkyl halides is 3. The molecule has 0 aliphatic rings. The molecule has 0 saturated heterocycles. The summed E-state index contributed by atoms with van der Waals surface area (Å²) < 4.78 is 43.9. The zero-order valence-electron chi connectivity index (χ0n) is 14.8. The molecule has 2 rings (SSSR count). The number of amides is 1. The number of hydrogen-bond acceptors (Lipinski definition) is 3. The van der Waals surface area contributed by atoms with Crippen LogP contribution >= 0.6 is 0 Å². The van der Waals surface area contributed by atoms with Crippen LogP contribution in [0.3, 0.4) is 0 Å². The molecule has 4 nitrogen and oxygen atoms in total. The summed E-state index contributed by atoms with van der Waals surface area (Å²) in [6.45, 7) is 1.80. The van der Waals surface area contributed by atoms with Crippen LogP contribution in [0.25, 0.3) is 0 Å². The van der Waals surface area contributed by atoms with E-state index in [1.54, 1.807) is 6.92 Å². The molecule has 0 aliphatic carbocycles. The Hall–Kier alpha value is -2.83. The third-order valence-corrected chi connectivity index (χ3v) is 3.90. The highest BCUT2D eigenvalue weighted by atomic mass is 19.4. The van der Waals surface area contributed by atoms with Gasteiger partial charge in [-0.3, -0.25) is 9.59 Å². The molecule has 0 heterocycles. The summed E-state index contributed by atoms with van der Waals surface area (Å²) in [5.74, 6) is -0.874. The number of carbonyl (C=O) groups is 2. The van der Waals surface area contributed by atoms with Gasteiger partial charge in [0, 0.05) is 19.4 Å². The zero-order chi connectivity index (χ0) is 19.9. The zero-order valence-corrected chi connectivity index (χ0v) is 14.8. The molecule has 0 fully saturated rings. The van der Waals surface area contributed by atoms with Crippen molar-refractivity contribution in [1.82, 2.24) is 5.32 Å². The van der Waals surface area contributed by atoms with Crippen molar-refractivity contribution < 1.29 is 27.5 Å². The first-order valence-electron chi connectivity index (χ1n) is 8.51. The van der Waals surface area contributed by atoms with Crippen molar-refractivity contribution in [2.75, 3.05) is 6.54 Å². The van der Waals surface area contributed by atoms with Gasteiger partial charge in [-0.15, -0.1) is 0 Å². The molecule has 0 bridgehead atoms.